The molecule has 1 rings (SSSR count). The van der Waals surface area contributed by atoms with E-state index in [4.69, 9.17) is 5.11 Å². The number of carbonyl (C=O) groups excluding carboxylic acids is 1. The van der Waals surface area contributed by atoms with Gasteiger partial charge in [0.05, 0.1) is 5.56 Å². The largest absolute Gasteiger partial charge is 0.478 e. The summed E-state index contributed by atoms with van der Waals surface area (Å²) in [6.07, 6.45) is 0.881. The Bertz CT molecular complexity index is 415. The molecule has 0 aliphatic heterocycles. The second-order valence-corrected chi connectivity index (χ2v) is 4.07. The summed E-state index contributed by atoms with van der Waals surface area (Å²) in [6.45, 7) is 1.52. The highest BCUT2D eigenvalue weighted by Gasteiger charge is 2.11. The number of amides is 1. The van der Waals surface area contributed by atoms with E-state index in [2.05, 4.69) is 5.32 Å². The number of benzene rings is 1. The molecule has 0 fully saturated rings. The monoisotopic (exact) mass is 250 g/mol. The van der Waals surface area contributed by atoms with Crippen molar-refractivity contribution in [3.05, 3.63) is 35.4 Å². The molecule has 0 bridgehead atoms. The SMILES string of the molecule is CNCCCN(C)C(=O)c1ccc(C(=O)O)cc1. The van der Waals surface area contributed by atoms with Gasteiger partial charge in [-0.2, -0.15) is 0 Å². The van der Waals surface area contributed by atoms with E-state index in [1.54, 1.807) is 24.1 Å². The Kier molecular flexibility index (Phi) is 5.32. The summed E-state index contributed by atoms with van der Waals surface area (Å²) < 4.78 is 0. The normalized spacial score (nSPS) is 10.1. The maximum Gasteiger partial charge on any atom is 0.335 e. The van der Waals surface area contributed by atoms with Gasteiger partial charge in [0.25, 0.3) is 5.91 Å². The van der Waals surface area contributed by atoms with Crippen LogP contribution in [0.15, 0.2) is 24.3 Å². The molecule has 0 saturated heterocycles. The van der Waals surface area contributed by atoms with Crippen LogP contribution < -0.4 is 5.32 Å². The second-order valence-electron chi connectivity index (χ2n) is 4.07. The van der Waals surface area contributed by atoms with Gasteiger partial charge in [-0.1, -0.05) is 0 Å². The Labute approximate surface area is 106 Å². The van der Waals surface area contributed by atoms with Crippen LogP contribution in [-0.2, 0) is 0 Å². The fraction of sp³-hybridized carbons (Fsp3) is 0.385. The Morgan fingerprint density at radius 2 is 1.78 bits per heavy atom. The minimum absolute atomic E-state index is 0.0944. The van der Waals surface area contributed by atoms with E-state index >= 15 is 0 Å². The van der Waals surface area contributed by atoms with Crippen molar-refractivity contribution in [2.24, 2.45) is 0 Å². The summed E-state index contributed by atoms with van der Waals surface area (Å²) in [5.74, 6) is -1.08. The van der Waals surface area contributed by atoms with Crippen LogP contribution in [-0.4, -0.2) is 49.1 Å². The van der Waals surface area contributed by atoms with E-state index < -0.39 is 5.97 Å². The Morgan fingerprint density at radius 3 is 2.28 bits per heavy atom. The first-order chi connectivity index (χ1) is 8.56. The molecular weight excluding hydrogens is 232 g/mol. The number of carboxylic acid groups (broad SMARTS) is 1. The smallest absolute Gasteiger partial charge is 0.335 e. The number of carbonyl (C=O) groups is 2. The van der Waals surface area contributed by atoms with Gasteiger partial charge in [-0.05, 0) is 44.3 Å². The molecule has 1 aromatic carbocycles. The summed E-state index contributed by atoms with van der Waals surface area (Å²) in [4.78, 5) is 24.3. The van der Waals surface area contributed by atoms with Gasteiger partial charge in [0, 0.05) is 19.2 Å². The van der Waals surface area contributed by atoms with Gasteiger partial charge in [-0.25, -0.2) is 4.79 Å². The fourth-order valence-electron chi connectivity index (χ4n) is 1.57. The quantitative estimate of drug-likeness (QED) is 0.741. The topological polar surface area (TPSA) is 69.6 Å². The molecule has 98 valence electrons. The van der Waals surface area contributed by atoms with Gasteiger partial charge in [-0.15, -0.1) is 0 Å². The molecule has 0 aliphatic rings. The van der Waals surface area contributed by atoms with Crippen LogP contribution in [0.4, 0.5) is 0 Å². The Morgan fingerprint density at radius 1 is 1.22 bits per heavy atom. The van der Waals surface area contributed by atoms with E-state index in [1.807, 2.05) is 7.05 Å². The van der Waals surface area contributed by atoms with Crippen LogP contribution in [0.2, 0.25) is 0 Å². The average molecular weight is 250 g/mol. The molecule has 0 saturated carbocycles. The van der Waals surface area contributed by atoms with Crippen molar-refractivity contribution in [2.75, 3.05) is 27.2 Å². The third-order valence-corrected chi connectivity index (χ3v) is 2.65. The molecule has 0 aromatic heterocycles. The molecule has 1 aromatic rings. The molecule has 0 unspecified atom stereocenters. The first-order valence-electron chi connectivity index (χ1n) is 5.79. The third-order valence-electron chi connectivity index (χ3n) is 2.65. The van der Waals surface area contributed by atoms with Crippen LogP contribution in [0, 0.1) is 0 Å². The lowest BCUT2D eigenvalue weighted by Crippen LogP contribution is -2.29. The van der Waals surface area contributed by atoms with E-state index in [1.165, 1.54) is 12.1 Å². The van der Waals surface area contributed by atoms with Crippen molar-refractivity contribution < 1.29 is 14.7 Å². The molecule has 0 atom stereocenters. The van der Waals surface area contributed by atoms with Crippen LogP contribution in [0.5, 0.6) is 0 Å². The van der Waals surface area contributed by atoms with Crippen molar-refractivity contribution in [3.8, 4) is 0 Å². The fourth-order valence-corrected chi connectivity index (χ4v) is 1.57. The standard InChI is InChI=1S/C13H18N2O3/c1-14-8-3-9-15(2)12(16)10-4-6-11(7-5-10)13(17)18/h4-7,14H,3,8-9H2,1-2H3,(H,17,18). The summed E-state index contributed by atoms with van der Waals surface area (Å²) >= 11 is 0. The molecule has 0 spiro atoms. The number of aromatic carboxylic acids is 1. The average Bonchev–Trinajstić information content (AvgIpc) is 2.38. The van der Waals surface area contributed by atoms with Gasteiger partial charge in [0.2, 0.25) is 0 Å². The molecule has 0 heterocycles. The highest BCUT2D eigenvalue weighted by molar-refractivity contribution is 5.95. The molecule has 0 radical (unpaired) electrons. The summed E-state index contributed by atoms with van der Waals surface area (Å²) in [6, 6.07) is 5.97. The molecule has 2 N–H and O–H groups in total. The number of carboxylic acids is 1. The number of hydrogen-bond acceptors (Lipinski definition) is 3. The zero-order chi connectivity index (χ0) is 13.5. The second kappa shape index (κ2) is 6.76. The zero-order valence-corrected chi connectivity index (χ0v) is 10.6. The van der Waals surface area contributed by atoms with Crippen molar-refractivity contribution in [1.82, 2.24) is 10.2 Å². The van der Waals surface area contributed by atoms with Gasteiger partial charge in [-0.3, -0.25) is 4.79 Å². The van der Waals surface area contributed by atoms with Gasteiger partial charge >= 0.3 is 5.97 Å². The van der Waals surface area contributed by atoms with Crippen LogP contribution in [0.1, 0.15) is 27.1 Å². The zero-order valence-electron chi connectivity index (χ0n) is 10.6. The van der Waals surface area contributed by atoms with Gasteiger partial charge in [0.15, 0.2) is 0 Å². The molecule has 5 heteroatoms. The maximum atomic E-state index is 12.0. The lowest BCUT2D eigenvalue weighted by molar-refractivity contribution is 0.0695. The van der Waals surface area contributed by atoms with Crippen molar-refractivity contribution in [3.63, 3.8) is 0 Å². The highest BCUT2D eigenvalue weighted by atomic mass is 16.4. The van der Waals surface area contributed by atoms with Crippen LogP contribution in [0.3, 0.4) is 0 Å². The number of nitrogens with zero attached hydrogens (tertiary/aromatic N) is 1. The summed E-state index contributed by atoms with van der Waals surface area (Å²) in [5.41, 5.74) is 0.691. The molecular formula is C13H18N2O3. The van der Waals surface area contributed by atoms with Crippen LogP contribution in [0.25, 0.3) is 0 Å². The van der Waals surface area contributed by atoms with E-state index in [-0.39, 0.29) is 11.5 Å². The summed E-state index contributed by atoms with van der Waals surface area (Å²) in [7, 11) is 3.61. The predicted molar refractivity (Wildman–Crippen MR) is 68.9 cm³/mol. The first kappa shape index (κ1) is 14.2. The van der Waals surface area contributed by atoms with Crippen molar-refractivity contribution in [2.45, 2.75) is 6.42 Å². The molecule has 1 amide bonds. The molecule has 5 nitrogen and oxygen atoms in total. The lowest BCUT2D eigenvalue weighted by Gasteiger charge is -2.17. The number of nitrogens with one attached hydrogen (secondary N) is 1. The molecule has 0 aliphatic carbocycles. The van der Waals surface area contributed by atoms with E-state index in [0.29, 0.717) is 12.1 Å². The van der Waals surface area contributed by atoms with Crippen molar-refractivity contribution in [1.29, 1.82) is 0 Å². The Hall–Kier alpha value is -1.88. The first-order valence-corrected chi connectivity index (χ1v) is 5.79. The minimum atomic E-state index is -0.989. The van der Waals surface area contributed by atoms with Gasteiger partial charge < -0.3 is 15.3 Å². The van der Waals surface area contributed by atoms with E-state index in [0.717, 1.165) is 13.0 Å². The molecule has 18 heavy (non-hydrogen) atoms. The lowest BCUT2D eigenvalue weighted by atomic mass is 10.1. The minimum Gasteiger partial charge on any atom is -0.478 e. The highest BCUT2D eigenvalue weighted by Crippen LogP contribution is 2.07. The number of rotatable bonds is 6. The van der Waals surface area contributed by atoms with Crippen molar-refractivity contribution >= 4 is 11.9 Å². The van der Waals surface area contributed by atoms with Gasteiger partial charge in [0.1, 0.15) is 0 Å². The summed E-state index contributed by atoms with van der Waals surface area (Å²) in [5, 5.41) is 11.8. The number of hydrogen-bond donors (Lipinski definition) is 2. The third kappa shape index (κ3) is 3.85. The maximum absolute atomic E-state index is 12.0. The Balaban J connectivity index is 2.63. The van der Waals surface area contributed by atoms with E-state index in [9.17, 15) is 9.59 Å². The van der Waals surface area contributed by atoms with Crippen LogP contribution >= 0.6 is 0 Å². The predicted octanol–water partition coefficient (Wildman–Crippen LogP) is 1.07.